The van der Waals surface area contributed by atoms with Crippen molar-refractivity contribution in [2.45, 2.75) is 6.54 Å². The lowest BCUT2D eigenvalue weighted by Gasteiger charge is -2.09. The number of hydrogen-bond donors (Lipinski definition) is 1. The number of rotatable bonds is 4. The van der Waals surface area contributed by atoms with Gasteiger partial charge < -0.3 is 5.32 Å². The predicted octanol–water partition coefficient (Wildman–Crippen LogP) is 3.14. The van der Waals surface area contributed by atoms with Crippen molar-refractivity contribution in [1.29, 1.82) is 5.26 Å². The highest BCUT2D eigenvalue weighted by Gasteiger charge is 2.10. The summed E-state index contributed by atoms with van der Waals surface area (Å²) >= 11 is 7.36. The second-order valence-electron chi connectivity index (χ2n) is 5.07. The van der Waals surface area contributed by atoms with Gasteiger partial charge in [-0.15, -0.1) is 11.3 Å². The topological polar surface area (TPSA) is 87.8 Å². The van der Waals surface area contributed by atoms with E-state index in [2.05, 4.69) is 10.3 Å². The zero-order valence-electron chi connectivity index (χ0n) is 12.8. The van der Waals surface area contributed by atoms with E-state index >= 15 is 0 Å². The maximum absolute atomic E-state index is 12.2. The lowest BCUT2D eigenvalue weighted by Crippen LogP contribution is -2.27. The molecule has 0 radical (unpaired) electrons. The van der Waals surface area contributed by atoms with Gasteiger partial charge in [-0.1, -0.05) is 17.7 Å². The Morgan fingerprint density at radius 3 is 2.88 bits per heavy atom. The highest BCUT2D eigenvalue weighted by atomic mass is 35.5. The second-order valence-corrected chi connectivity index (χ2v) is 6.45. The molecule has 0 spiro atoms. The highest BCUT2D eigenvalue weighted by Crippen LogP contribution is 2.21. The van der Waals surface area contributed by atoms with Gasteiger partial charge in [0.1, 0.15) is 12.6 Å². The second kappa shape index (κ2) is 7.30. The molecular formula is C17H11ClN4O2S. The molecule has 1 N–H and O–H groups in total. The van der Waals surface area contributed by atoms with Crippen molar-refractivity contribution in [1.82, 2.24) is 9.55 Å². The lowest BCUT2D eigenvalue weighted by molar-refractivity contribution is -0.116. The maximum atomic E-state index is 12.2. The van der Waals surface area contributed by atoms with E-state index in [1.54, 1.807) is 6.07 Å². The molecule has 0 aliphatic carbocycles. The minimum absolute atomic E-state index is 0.214. The largest absolute Gasteiger partial charge is 0.323 e. The number of thiophene rings is 1. The highest BCUT2D eigenvalue weighted by molar-refractivity contribution is 7.13. The van der Waals surface area contributed by atoms with Gasteiger partial charge in [-0.2, -0.15) is 5.26 Å². The predicted molar refractivity (Wildman–Crippen MR) is 96.6 cm³/mol. The molecule has 0 atom stereocenters. The third kappa shape index (κ3) is 3.94. The van der Waals surface area contributed by atoms with Gasteiger partial charge in [0.05, 0.1) is 28.1 Å². The fourth-order valence-electron chi connectivity index (χ4n) is 2.17. The minimum Gasteiger partial charge on any atom is -0.323 e. The van der Waals surface area contributed by atoms with E-state index in [4.69, 9.17) is 16.9 Å². The van der Waals surface area contributed by atoms with Crippen LogP contribution in [0.4, 0.5) is 5.69 Å². The Bertz CT molecular complexity index is 1020. The number of carbonyl (C=O) groups is 1. The molecule has 0 fully saturated rings. The smallest absolute Gasteiger partial charge is 0.254 e. The quantitative estimate of drug-likeness (QED) is 0.764. The van der Waals surface area contributed by atoms with Gasteiger partial charge >= 0.3 is 0 Å². The summed E-state index contributed by atoms with van der Waals surface area (Å²) in [6.07, 6.45) is 1.33. The van der Waals surface area contributed by atoms with Gasteiger partial charge in [0.15, 0.2) is 0 Å². The van der Waals surface area contributed by atoms with E-state index in [-0.39, 0.29) is 17.7 Å². The third-order valence-corrected chi connectivity index (χ3v) is 4.47. The Balaban J connectivity index is 1.77. The first-order chi connectivity index (χ1) is 12.1. The zero-order valence-corrected chi connectivity index (χ0v) is 14.3. The standard InChI is InChI=1S/C17H11ClN4O2S/c18-12-4-3-11(8-19)13(6-12)21-16(23)9-22-10-20-14(7-17(22)24)15-2-1-5-25-15/h1-7,10H,9H2,(H,21,23). The Hall–Kier alpha value is -2.95. The molecule has 0 unspecified atom stereocenters. The number of hydrogen-bond acceptors (Lipinski definition) is 5. The van der Waals surface area contributed by atoms with Crippen LogP contribution < -0.4 is 10.9 Å². The SMILES string of the molecule is N#Cc1ccc(Cl)cc1NC(=O)Cn1cnc(-c2cccs2)cc1=O. The summed E-state index contributed by atoms with van der Waals surface area (Å²) in [5, 5.41) is 14.0. The van der Waals surface area contributed by atoms with Crippen molar-refractivity contribution >= 4 is 34.5 Å². The van der Waals surface area contributed by atoms with Gasteiger partial charge in [-0.05, 0) is 29.6 Å². The number of nitrogens with zero attached hydrogens (tertiary/aromatic N) is 3. The van der Waals surface area contributed by atoms with Crippen LogP contribution in [0.2, 0.25) is 5.02 Å². The summed E-state index contributed by atoms with van der Waals surface area (Å²) in [6, 6.07) is 11.7. The van der Waals surface area contributed by atoms with Crippen LogP contribution in [0.15, 0.2) is 52.9 Å². The molecule has 3 rings (SSSR count). The number of amides is 1. The molecule has 8 heteroatoms. The normalized spacial score (nSPS) is 10.2. The van der Waals surface area contributed by atoms with E-state index in [1.807, 2.05) is 23.6 Å². The molecule has 6 nitrogen and oxygen atoms in total. The van der Waals surface area contributed by atoms with E-state index < -0.39 is 5.91 Å². The molecule has 25 heavy (non-hydrogen) atoms. The molecule has 0 aliphatic rings. The Morgan fingerprint density at radius 1 is 1.36 bits per heavy atom. The Morgan fingerprint density at radius 2 is 2.20 bits per heavy atom. The average molecular weight is 371 g/mol. The zero-order chi connectivity index (χ0) is 17.8. The fourth-order valence-corrected chi connectivity index (χ4v) is 3.03. The average Bonchev–Trinajstić information content (AvgIpc) is 3.11. The van der Waals surface area contributed by atoms with Crippen molar-refractivity contribution < 1.29 is 4.79 Å². The van der Waals surface area contributed by atoms with Crippen LogP contribution in [-0.2, 0) is 11.3 Å². The van der Waals surface area contributed by atoms with Gasteiger partial charge in [-0.3, -0.25) is 14.2 Å². The van der Waals surface area contributed by atoms with Crippen LogP contribution >= 0.6 is 22.9 Å². The molecule has 0 bridgehead atoms. The monoisotopic (exact) mass is 370 g/mol. The van der Waals surface area contributed by atoms with Crippen LogP contribution in [0.25, 0.3) is 10.6 Å². The molecule has 0 saturated carbocycles. The molecule has 1 amide bonds. The minimum atomic E-state index is -0.452. The van der Waals surface area contributed by atoms with Crippen LogP contribution in [0, 0.1) is 11.3 Å². The molecule has 124 valence electrons. The number of anilines is 1. The van der Waals surface area contributed by atoms with Gasteiger partial charge in [0.25, 0.3) is 5.56 Å². The van der Waals surface area contributed by atoms with Gasteiger partial charge in [0, 0.05) is 11.1 Å². The van der Waals surface area contributed by atoms with Gasteiger partial charge in [0.2, 0.25) is 5.91 Å². The van der Waals surface area contributed by atoms with E-state index in [0.29, 0.717) is 16.4 Å². The number of aromatic nitrogens is 2. The number of carbonyl (C=O) groups excluding carboxylic acids is 1. The summed E-state index contributed by atoms with van der Waals surface area (Å²) in [5.41, 5.74) is 0.825. The number of nitriles is 1. The molecular weight excluding hydrogens is 360 g/mol. The maximum Gasteiger partial charge on any atom is 0.254 e. The van der Waals surface area contributed by atoms with Crippen molar-refractivity contribution in [3.63, 3.8) is 0 Å². The molecule has 0 aliphatic heterocycles. The summed E-state index contributed by atoms with van der Waals surface area (Å²) in [7, 11) is 0. The first-order valence-electron chi connectivity index (χ1n) is 7.16. The van der Waals surface area contributed by atoms with E-state index in [0.717, 1.165) is 4.88 Å². The first kappa shape index (κ1) is 16.9. The number of nitrogens with one attached hydrogen (secondary N) is 1. The lowest BCUT2D eigenvalue weighted by atomic mass is 10.2. The molecule has 2 heterocycles. The van der Waals surface area contributed by atoms with Crippen molar-refractivity contribution in [2.75, 3.05) is 5.32 Å². The van der Waals surface area contributed by atoms with Crippen LogP contribution in [-0.4, -0.2) is 15.5 Å². The number of benzene rings is 1. The van der Waals surface area contributed by atoms with Crippen molar-refractivity contribution in [2.24, 2.45) is 0 Å². The van der Waals surface area contributed by atoms with Crippen molar-refractivity contribution in [3.8, 4) is 16.6 Å². The summed E-state index contributed by atoms with van der Waals surface area (Å²) < 4.78 is 1.20. The number of halogens is 1. The van der Waals surface area contributed by atoms with Crippen LogP contribution in [0.3, 0.4) is 0 Å². The van der Waals surface area contributed by atoms with Gasteiger partial charge in [-0.25, -0.2) is 4.98 Å². The first-order valence-corrected chi connectivity index (χ1v) is 8.42. The fraction of sp³-hybridized carbons (Fsp3) is 0.0588. The Labute approximate surface area is 151 Å². The molecule has 2 aromatic heterocycles. The Kier molecular flexibility index (Phi) is 4.93. The summed E-state index contributed by atoms with van der Waals surface area (Å²) in [4.78, 5) is 29.4. The third-order valence-electron chi connectivity index (χ3n) is 3.34. The molecule has 1 aromatic carbocycles. The van der Waals surface area contributed by atoms with E-state index in [1.165, 1.54) is 40.4 Å². The summed E-state index contributed by atoms with van der Waals surface area (Å²) in [6.45, 7) is -0.214. The van der Waals surface area contributed by atoms with E-state index in [9.17, 15) is 9.59 Å². The summed E-state index contributed by atoms with van der Waals surface area (Å²) in [5.74, 6) is -0.452. The molecule has 0 saturated heterocycles. The van der Waals surface area contributed by atoms with Crippen LogP contribution in [0.1, 0.15) is 5.56 Å². The van der Waals surface area contributed by atoms with Crippen molar-refractivity contribution in [3.05, 3.63) is 69.0 Å². The van der Waals surface area contributed by atoms with Crippen LogP contribution in [0.5, 0.6) is 0 Å². The molecule has 3 aromatic rings.